The summed E-state index contributed by atoms with van der Waals surface area (Å²) in [5.41, 5.74) is 1.54. The molecule has 0 spiro atoms. The van der Waals surface area contributed by atoms with Crippen molar-refractivity contribution in [1.29, 1.82) is 0 Å². The number of rotatable bonds is 4. The highest BCUT2D eigenvalue weighted by atomic mass is 16.1. The minimum atomic E-state index is -0.0432. The lowest BCUT2D eigenvalue weighted by Crippen LogP contribution is -2.31. The molecule has 4 nitrogen and oxygen atoms in total. The molecule has 2 aromatic rings. The van der Waals surface area contributed by atoms with Crippen LogP contribution in [-0.2, 0) is 0 Å². The molecule has 0 bridgehead atoms. The topological polar surface area (TPSA) is 46.9 Å². The van der Waals surface area contributed by atoms with Gasteiger partial charge < -0.3 is 5.32 Å². The zero-order valence-corrected chi connectivity index (χ0v) is 10.6. The third kappa shape index (κ3) is 2.77. The third-order valence-electron chi connectivity index (χ3n) is 2.87. The number of hydrogen-bond donors (Lipinski definition) is 1. The molecule has 1 amide bonds. The van der Waals surface area contributed by atoms with E-state index in [1.807, 2.05) is 50.4 Å². The van der Waals surface area contributed by atoms with Gasteiger partial charge in [-0.05, 0) is 37.6 Å². The second kappa shape index (κ2) is 5.49. The molecule has 4 heteroatoms. The Bertz CT molecular complexity index is 520. The Labute approximate surface area is 107 Å². The molecule has 0 aliphatic carbocycles. The minimum Gasteiger partial charge on any atom is -0.350 e. The molecule has 1 unspecified atom stereocenters. The van der Waals surface area contributed by atoms with Crippen LogP contribution < -0.4 is 5.32 Å². The normalized spacial score (nSPS) is 12.1. The van der Waals surface area contributed by atoms with Crippen molar-refractivity contribution in [2.24, 2.45) is 0 Å². The molecular formula is C14H17N3O. The molecule has 2 rings (SSSR count). The van der Waals surface area contributed by atoms with Crippen LogP contribution in [0.5, 0.6) is 0 Å². The molecular weight excluding hydrogens is 226 g/mol. The van der Waals surface area contributed by atoms with Gasteiger partial charge in [-0.15, -0.1) is 0 Å². The summed E-state index contributed by atoms with van der Waals surface area (Å²) < 4.78 is 1.74. The number of carbonyl (C=O) groups excluding carboxylic acids is 1. The van der Waals surface area contributed by atoms with E-state index in [-0.39, 0.29) is 11.9 Å². The molecule has 1 aromatic heterocycles. The second-order valence-corrected chi connectivity index (χ2v) is 4.28. The second-order valence-electron chi connectivity index (χ2n) is 4.28. The van der Waals surface area contributed by atoms with Crippen molar-refractivity contribution in [3.63, 3.8) is 0 Å². The quantitative estimate of drug-likeness (QED) is 0.896. The lowest BCUT2D eigenvalue weighted by Gasteiger charge is -2.12. The van der Waals surface area contributed by atoms with Crippen LogP contribution in [0.25, 0.3) is 5.69 Å². The first-order valence-corrected chi connectivity index (χ1v) is 6.11. The van der Waals surface area contributed by atoms with Crippen molar-refractivity contribution in [1.82, 2.24) is 15.1 Å². The first-order valence-electron chi connectivity index (χ1n) is 6.11. The average molecular weight is 243 g/mol. The van der Waals surface area contributed by atoms with E-state index in [9.17, 15) is 4.79 Å². The molecule has 1 aromatic carbocycles. The monoisotopic (exact) mass is 243 g/mol. The van der Waals surface area contributed by atoms with E-state index in [1.165, 1.54) is 0 Å². The van der Waals surface area contributed by atoms with Crippen LogP contribution in [0.4, 0.5) is 0 Å². The van der Waals surface area contributed by atoms with Gasteiger partial charge in [-0.25, -0.2) is 4.68 Å². The average Bonchev–Trinajstić information content (AvgIpc) is 2.92. The van der Waals surface area contributed by atoms with E-state index < -0.39 is 0 Å². The fourth-order valence-electron chi connectivity index (χ4n) is 1.62. The predicted octanol–water partition coefficient (Wildman–Crippen LogP) is 2.40. The van der Waals surface area contributed by atoms with E-state index >= 15 is 0 Å². The van der Waals surface area contributed by atoms with Crippen molar-refractivity contribution in [2.45, 2.75) is 26.3 Å². The third-order valence-corrected chi connectivity index (χ3v) is 2.87. The Hall–Kier alpha value is -2.10. The van der Waals surface area contributed by atoms with Crippen LogP contribution >= 0.6 is 0 Å². The summed E-state index contributed by atoms with van der Waals surface area (Å²) in [5.74, 6) is -0.0432. The fourth-order valence-corrected chi connectivity index (χ4v) is 1.62. The summed E-state index contributed by atoms with van der Waals surface area (Å²) in [5, 5.41) is 7.10. The number of hydrogen-bond acceptors (Lipinski definition) is 2. The molecule has 0 radical (unpaired) electrons. The SMILES string of the molecule is CCC(C)NC(=O)c1cccc(-n2cccn2)c1. The molecule has 18 heavy (non-hydrogen) atoms. The highest BCUT2D eigenvalue weighted by Gasteiger charge is 2.09. The molecule has 94 valence electrons. The van der Waals surface area contributed by atoms with Crippen LogP contribution in [0.15, 0.2) is 42.7 Å². The standard InChI is InChI=1S/C14H17N3O/c1-3-11(2)16-14(18)12-6-4-7-13(10-12)17-9-5-8-15-17/h4-11H,3H2,1-2H3,(H,16,18). The Morgan fingerprint density at radius 2 is 2.28 bits per heavy atom. The summed E-state index contributed by atoms with van der Waals surface area (Å²) in [6.45, 7) is 4.04. The Morgan fingerprint density at radius 1 is 1.44 bits per heavy atom. The number of aromatic nitrogens is 2. The highest BCUT2D eigenvalue weighted by molar-refractivity contribution is 5.94. The van der Waals surface area contributed by atoms with Crippen molar-refractivity contribution in [2.75, 3.05) is 0 Å². The van der Waals surface area contributed by atoms with E-state index in [0.717, 1.165) is 12.1 Å². The summed E-state index contributed by atoms with van der Waals surface area (Å²) in [6, 6.07) is 9.47. The maximum absolute atomic E-state index is 12.0. The van der Waals surface area contributed by atoms with Gasteiger partial charge in [0.25, 0.3) is 5.91 Å². The number of nitrogens with one attached hydrogen (secondary N) is 1. The van der Waals surface area contributed by atoms with Gasteiger partial charge in [0.2, 0.25) is 0 Å². The molecule has 1 N–H and O–H groups in total. The van der Waals surface area contributed by atoms with Gasteiger partial charge in [-0.2, -0.15) is 5.10 Å². The van der Waals surface area contributed by atoms with E-state index in [1.54, 1.807) is 10.9 Å². The van der Waals surface area contributed by atoms with Crippen molar-refractivity contribution in [3.05, 3.63) is 48.3 Å². The molecule has 0 aliphatic rings. The van der Waals surface area contributed by atoms with Gasteiger partial charge in [0.1, 0.15) is 0 Å². The Morgan fingerprint density at radius 3 is 2.94 bits per heavy atom. The van der Waals surface area contributed by atoms with Crippen LogP contribution in [-0.4, -0.2) is 21.7 Å². The predicted molar refractivity (Wildman–Crippen MR) is 70.8 cm³/mol. The molecule has 0 aliphatic heterocycles. The van der Waals surface area contributed by atoms with Gasteiger partial charge >= 0.3 is 0 Å². The molecule has 1 heterocycles. The van der Waals surface area contributed by atoms with Crippen LogP contribution in [0.1, 0.15) is 30.6 Å². The van der Waals surface area contributed by atoms with Gasteiger partial charge in [0, 0.05) is 24.0 Å². The number of benzene rings is 1. The first kappa shape index (κ1) is 12.4. The van der Waals surface area contributed by atoms with Crippen molar-refractivity contribution in [3.8, 4) is 5.69 Å². The lowest BCUT2D eigenvalue weighted by molar-refractivity contribution is 0.0939. The highest BCUT2D eigenvalue weighted by Crippen LogP contribution is 2.09. The minimum absolute atomic E-state index is 0.0432. The number of carbonyl (C=O) groups is 1. The summed E-state index contributed by atoms with van der Waals surface area (Å²) >= 11 is 0. The first-order chi connectivity index (χ1) is 8.70. The Kier molecular flexibility index (Phi) is 3.77. The molecule has 0 saturated carbocycles. The zero-order chi connectivity index (χ0) is 13.0. The smallest absolute Gasteiger partial charge is 0.251 e. The summed E-state index contributed by atoms with van der Waals surface area (Å²) in [4.78, 5) is 12.0. The van der Waals surface area contributed by atoms with Gasteiger partial charge in [-0.1, -0.05) is 13.0 Å². The van der Waals surface area contributed by atoms with Gasteiger partial charge in [0.05, 0.1) is 5.69 Å². The summed E-state index contributed by atoms with van der Waals surface area (Å²) in [7, 11) is 0. The largest absolute Gasteiger partial charge is 0.350 e. The zero-order valence-electron chi connectivity index (χ0n) is 10.6. The van der Waals surface area contributed by atoms with Crippen LogP contribution in [0.2, 0.25) is 0 Å². The summed E-state index contributed by atoms with van der Waals surface area (Å²) in [6.07, 6.45) is 4.49. The molecule has 0 fully saturated rings. The Balaban J connectivity index is 2.20. The van der Waals surface area contributed by atoms with E-state index in [0.29, 0.717) is 5.56 Å². The van der Waals surface area contributed by atoms with Crippen LogP contribution in [0, 0.1) is 0 Å². The molecule has 1 atom stereocenters. The van der Waals surface area contributed by atoms with Crippen molar-refractivity contribution >= 4 is 5.91 Å². The maximum atomic E-state index is 12.0. The number of nitrogens with zero attached hydrogens (tertiary/aromatic N) is 2. The van der Waals surface area contributed by atoms with E-state index in [4.69, 9.17) is 0 Å². The maximum Gasteiger partial charge on any atom is 0.251 e. The fraction of sp³-hybridized carbons (Fsp3) is 0.286. The van der Waals surface area contributed by atoms with E-state index in [2.05, 4.69) is 10.4 Å². The van der Waals surface area contributed by atoms with Crippen molar-refractivity contribution < 1.29 is 4.79 Å². The lowest BCUT2D eigenvalue weighted by atomic mass is 10.1. The molecule has 0 saturated heterocycles. The van der Waals surface area contributed by atoms with Gasteiger partial charge in [0.15, 0.2) is 0 Å². The van der Waals surface area contributed by atoms with Crippen LogP contribution in [0.3, 0.4) is 0 Å². The van der Waals surface area contributed by atoms with Gasteiger partial charge in [-0.3, -0.25) is 4.79 Å². The number of amides is 1.